The van der Waals surface area contributed by atoms with Gasteiger partial charge in [-0.2, -0.15) is 0 Å². The number of hydrogen-bond donors (Lipinski definition) is 1. The Morgan fingerprint density at radius 2 is 1.96 bits per heavy atom. The molecule has 0 spiro atoms. The van der Waals surface area contributed by atoms with Gasteiger partial charge in [0.2, 0.25) is 0 Å². The summed E-state index contributed by atoms with van der Waals surface area (Å²) in [4.78, 5) is 27.2. The standard InChI is InChI=1S/C16H20N2O5/c1-8(2)22-15(19)13-10(4)14(17-11(13)5)16(20)21-7-12-6-9(3)18-23-12/h6,8,17H,7H2,1-5H3. The van der Waals surface area contributed by atoms with E-state index in [0.29, 0.717) is 28.3 Å². The van der Waals surface area contributed by atoms with Crippen molar-refractivity contribution in [3.8, 4) is 0 Å². The molecule has 0 amide bonds. The summed E-state index contributed by atoms with van der Waals surface area (Å²) in [6.45, 7) is 8.67. The minimum Gasteiger partial charge on any atom is -0.459 e. The molecule has 0 bridgehead atoms. The molecule has 124 valence electrons. The normalized spacial score (nSPS) is 10.9. The van der Waals surface area contributed by atoms with Crippen molar-refractivity contribution in [2.45, 2.75) is 47.3 Å². The zero-order valence-electron chi connectivity index (χ0n) is 13.9. The third-order valence-corrected chi connectivity index (χ3v) is 3.21. The van der Waals surface area contributed by atoms with Crippen LogP contribution in [-0.4, -0.2) is 28.2 Å². The van der Waals surface area contributed by atoms with E-state index in [0.717, 1.165) is 0 Å². The maximum Gasteiger partial charge on any atom is 0.355 e. The highest BCUT2D eigenvalue weighted by atomic mass is 16.6. The first-order valence-corrected chi connectivity index (χ1v) is 7.29. The van der Waals surface area contributed by atoms with Gasteiger partial charge in [-0.1, -0.05) is 5.16 Å². The van der Waals surface area contributed by atoms with Crippen LogP contribution in [0.2, 0.25) is 0 Å². The largest absolute Gasteiger partial charge is 0.459 e. The van der Waals surface area contributed by atoms with Crippen molar-refractivity contribution in [2.24, 2.45) is 0 Å². The molecule has 2 aromatic heterocycles. The summed E-state index contributed by atoms with van der Waals surface area (Å²) >= 11 is 0. The summed E-state index contributed by atoms with van der Waals surface area (Å²) in [5.74, 6) is -0.573. The van der Waals surface area contributed by atoms with Crippen LogP contribution in [0.1, 0.15) is 57.4 Å². The number of aromatic amines is 1. The van der Waals surface area contributed by atoms with Crippen molar-refractivity contribution in [1.82, 2.24) is 10.1 Å². The van der Waals surface area contributed by atoms with Crippen molar-refractivity contribution in [2.75, 3.05) is 0 Å². The number of nitrogens with zero attached hydrogens (tertiary/aromatic N) is 1. The molecule has 0 aliphatic heterocycles. The van der Waals surface area contributed by atoms with Gasteiger partial charge in [0, 0.05) is 11.8 Å². The Morgan fingerprint density at radius 1 is 1.26 bits per heavy atom. The lowest BCUT2D eigenvalue weighted by molar-refractivity contribution is 0.0376. The van der Waals surface area contributed by atoms with Crippen LogP contribution in [0.25, 0.3) is 0 Å². The average Bonchev–Trinajstić information content (AvgIpc) is 2.99. The second-order valence-corrected chi connectivity index (χ2v) is 5.59. The average molecular weight is 320 g/mol. The topological polar surface area (TPSA) is 94.4 Å². The fraction of sp³-hybridized carbons (Fsp3) is 0.438. The van der Waals surface area contributed by atoms with Gasteiger partial charge >= 0.3 is 11.9 Å². The van der Waals surface area contributed by atoms with E-state index < -0.39 is 11.9 Å². The minimum atomic E-state index is -0.566. The molecule has 23 heavy (non-hydrogen) atoms. The van der Waals surface area contributed by atoms with Gasteiger partial charge in [-0.25, -0.2) is 9.59 Å². The molecule has 1 N–H and O–H groups in total. The van der Waals surface area contributed by atoms with Crippen LogP contribution in [0.3, 0.4) is 0 Å². The summed E-state index contributed by atoms with van der Waals surface area (Å²) in [5.41, 5.74) is 2.37. The molecule has 2 aromatic rings. The molecule has 0 aliphatic rings. The van der Waals surface area contributed by atoms with Crippen molar-refractivity contribution in [3.05, 3.63) is 40.0 Å². The van der Waals surface area contributed by atoms with Gasteiger partial charge in [0.05, 0.1) is 17.4 Å². The van der Waals surface area contributed by atoms with E-state index in [1.807, 2.05) is 0 Å². The Labute approximate surface area is 133 Å². The van der Waals surface area contributed by atoms with E-state index in [1.165, 1.54) is 0 Å². The van der Waals surface area contributed by atoms with Gasteiger partial charge in [-0.15, -0.1) is 0 Å². The lowest BCUT2D eigenvalue weighted by atomic mass is 10.1. The maximum atomic E-state index is 12.2. The summed E-state index contributed by atoms with van der Waals surface area (Å²) < 4.78 is 15.4. The fourth-order valence-electron chi connectivity index (χ4n) is 2.23. The van der Waals surface area contributed by atoms with Gasteiger partial charge in [-0.05, 0) is 40.2 Å². The molecule has 0 radical (unpaired) electrons. The summed E-state index contributed by atoms with van der Waals surface area (Å²) in [6.07, 6.45) is -0.235. The van der Waals surface area contributed by atoms with Crippen molar-refractivity contribution < 1.29 is 23.6 Å². The van der Waals surface area contributed by atoms with Crippen LogP contribution >= 0.6 is 0 Å². The van der Waals surface area contributed by atoms with E-state index >= 15 is 0 Å². The molecule has 0 saturated heterocycles. The van der Waals surface area contributed by atoms with Crippen molar-refractivity contribution in [3.63, 3.8) is 0 Å². The molecule has 0 atom stereocenters. The summed E-state index contributed by atoms with van der Waals surface area (Å²) in [5, 5.41) is 3.72. The quantitative estimate of drug-likeness (QED) is 0.851. The first-order chi connectivity index (χ1) is 10.8. The number of esters is 2. The predicted octanol–water partition coefficient (Wildman–Crippen LogP) is 2.85. The van der Waals surface area contributed by atoms with E-state index in [2.05, 4.69) is 10.1 Å². The Bertz CT molecular complexity index is 727. The van der Waals surface area contributed by atoms with Crippen LogP contribution in [0.15, 0.2) is 10.6 Å². The predicted molar refractivity (Wildman–Crippen MR) is 81.2 cm³/mol. The van der Waals surface area contributed by atoms with Crippen LogP contribution < -0.4 is 0 Å². The molecule has 0 aliphatic carbocycles. The van der Waals surface area contributed by atoms with Crippen molar-refractivity contribution in [1.29, 1.82) is 0 Å². The number of aromatic nitrogens is 2. The molecule has 7 nitrogen and oxygen atoms in total. The first kappa shape index (κ1) is 16.8. The maximum absolute atomic E-state index is 12.2. The number of nitrogens with one attached hydrogen (secondary N) is 1. The van der Waals surface area contributed by atoms with E-state index in [9.17, 15) is 9.59 Å². The number of carbonyl (C=O) groups is 2. The first-order valence-electron chi connectivity index (χ1n) is 7.29. The second-order valence-electron chi connectivity index (χ2n) is 5.59. The third-order valence-electron chi connectivity index (χ3n) is 3.21. The van der Waals surface area contributed by atoms with Crippen molar-refractivity contribution >= 4 is 11.9 Å². The van der Waals surface area contributed by atoms with Gasteiger partial charge in [0.1, 0.15) is 5.69 Å². The second kappa shape index (κ2) is 6.68. The van der Waals surface area contributed by atoms with Crippen LogP contribution in [0, 0.1) is 20.8 Å². The monoisotopic (exact) mass is 320 g/mol. The highest BCUT2D eigenvalue weighted by Crippen LogP contribution is 2.20. The fourth-order valence-corrected chi connectivity index (χ4v) is 2.23. The number of rotatable bonds is 5. The van der Waals surface area contributed by atoms with Crippen LogP contribution in [-0.2, 0) is 16.1 Å². The number of H-pyrrole nitrogens is 1. The highest BCUT2D eigenvalue weighted by Gasteiger charge is 2.24. The van der Waals surface area contributed by atoms with Gasteiger partial charge in [0.15, 0.2) is 12.4 Å². The van der Waals surface area contributed by atoms with E-state index in [-0.39, 0.29) is 18.4 Å². The number of carbonyl (C=O) groups excluding carboxylic acids is 2. The number of aryl methyl sites for hydroxylation is 2. The molecule has 2 rings (SSSR count). The number of ether oxygens (including phenoxy) is 2. The zero-order valence-corrected chi connectivity index (χ0v) is 13.9. The minimum absolute atomic E-state index is 0.0248. The molecule has 2 heterocycles. The van der Waals surface area contributed by atoms with Gasteiger partial charge in [0.25, 0.3) is 0 Å². The molecule has 0 unspecified atom stereocenters. The molecule has 0 saturated carbocycles. The van der Waals surface area contributed by atoms with E-state index in [4.69, 9.17) is 14.0 Å². The SMILES string of the molecule is Cc1cc(COC(=O)c2[nH]c(C)c(C(=O)OC(C)C)c2C)on1. The molecular weight excluding hydrogens is 300 g/mol. The molecule has 0 aromatic carbocycles. The Kier molecular flexibility index (Phi) is 4.88. The smallest absolute Gasteiger partial charge is 0.355 e. The third kappa shape index (κ3) is 3.80. The van der Waals surface area contributed by atoms with E-state index in [1.54, 1.807) is 40.7 Å². The van der Waals surface area contributed by atoms with Crippen LogP contribution in [0.4, 0.5) is 0 Å². The Hall–Kier alpha value is -2.57. The highest BCUT2D eigenvalue weighted by molar-refractivity contribution is 5.98. The summed E-state index contributed by atoms with van der Waals surface area (Å²) in [7, 11) is 0. The van der Waals surface area contributed by atoms with Gasteiger partial charge in [-0.3, -0.25) is 0 Å². The lowest BCUT2D eigenvalue weighted by Gasteiger charge is -2.08. The molecule has 0 fully saturated rings. The van der Waals surface area contributed by atoms with Crippen LogP contribution in [0.5, 0.6) is 0 Å². The Balaban J connectivity index is 2.13. The lowest BCUT2D eigenvalue weighted by Crippen LogP contribution is -2.13. The zero-order chi connectivity index (χ0) is 17.1. The number of hydrogen-bond acceptors (Lipinski definition) is 6. The van der Waals surface area contributed by atoms with Gasteiger partial charge < -0.3 is 19.0 Å². The summed E-state index contributed by atoms with van der Waals surface area (Å²) in [6, 6.07) is 1.69. The molecular formula is C16H20N2O5. The Morgan fingerprint density at radius 3 is 2.52 bits per heavy atom. The molecule has 7 heteroatoms.